The Labute approximate surface area is 95.6 Å². The van der Waals surface area contributed by atoms with E-state index >= 15 is 0 Å². The Morgan fingerprint density at radius 1 is 1.20 bits per heavy atom. The third kappa shape index (κ3) is 2.72. The molecule has 0 spiro atoms. The molecule has 1 atom stereocenters. The van der Waals surface area contributed by atoms with Crippen molar-refractivity contribution in [2.45, 2.75) is 63.7 Å². The van der Waals surface area contributed by atoms with Gasteiger partial charge in [-0.2, -0.15) is 0 Å². The summed E-state index contributed by atoms with van der Waals surface area (Å²) in [5.74, 6) is 0. The summed E-state index contributed by atoms with van der Waals surface area (Å²) >= 11 is 0. The summed E-state index contributed by atoms with van der Waals surface area (Å²) in [5, 5.41) is 1.77. The van der Waals surface area contributed by atoms with Crippen molar-refractivity contribution in [3.05, 3.63) is 23.5 Å². The Hall–Kier alpha value is -0.0900. The lowest BCUT2D eigenvalue weighted by Crippen LogP contribution is -2.15. The van der Waals surface area contributed by atoms with Crippen molar-refractivity contribution >= 4 is 7.92 Å². The normalized spacial score (nSPS) is 24.6. The highest BCUT2D eigenvalue weighted by molar-refractivity contribution is 7.63. The SMILES string of the molecule is CC(C)P(C1=CC=CC1)C1CCCCC1. The van der Waals surface area contributed by atoms with E-state index in [0.717, 1.165) is 11.3 Å². The van der Waals surface area contributed by atoms with Gasteiger partial charge in [0.2, 0.25) is 0 Å². The number of hydrogen-bond donors (Lipinski definition) is 0. The van der Waals surface area contributed by atoms with Gasteiger partial charge in [0, 0.05) is 0 Å². The third-order valence-corrected chi connectivity index (χ3v) is 7.02. The molecule has 84 valence electrons. The largest absolute Gasteiger partial charge is 0.0801 e. The van der Waals surface area contributed by atoms with E-state index in [2.05, 4.69) is 32.1 Å². The van der Waals surface area contributed by atoms with Crippen LogP contribution in [-0.4, -0.2) is 11.3 Å². The molecule has 0 aromatic carbocycles. The van der Waals surface area contributed by atoms with E-state index < -0.39 is 0 Å². The van der Waals surface area contributed by atoms with Crippen molar-refractivity contribution in [3.8, 4) is 0 Å². The summed E-state index contributed by atoms with van der Waals surface area (Å²) in [6, 6.07) is 0. The number of rotatable bonds is 3. The lowest BCUT2D eigenvalue weighted by atomic mass is 10.0. The molecule has 0 nitrogen and oxygen atoms in total. The first-order valence-electron chi connectivity index (χ1n) is 6.43. The third-order valence-electron chi connectivity index (χ3n) is 3.61. The molecule has 0 N–H and O–H groups in total. The predicted octanol–water partition coefficient (Wildman–Crippen LogP) is 5.05. The molecule has 0 radical (unpaired) electrons. The van der Waals surface area contributed by atoms with Gasteiger partial charge in [-0.1, -0.05) is 59.3 Å². The van der Waals surface area contributed by atoms with E-state index in [1.165, 1.54) is 38.5 Å². The minimum atomic E-state index is 0.160. The van der Waals surface area contributed by atoms with Gasteiger partial charge >= 0.3 is 0 Å². The molecule has 0 heterocycles. The molecule has 0 amide bonds. The van der Waals surface area contributed by atoms with E-state index in [4.69, 9.17) is 0 Å². The van der Waals surface area contributed by atoms with Crippen LogP contribution in [-0.2, 0) is 0 Å². The second kappa shape index (κ2) is 5.30. The van der Waals surface area contributed by atoms with Gasteiger partial charge in [-0.25, -0.2) is 0 Å². The molecule has 0 aromatic heterocycles. The fraction of sp³-hybridized carbons (Fsp3) is 0.714. The summed E-state index contributed by atoms with van der Waals surface area (Å²) in [6.45, 7) is 4.86. The number of hydrogen-bond acceptors (Lipinski definition) is 0. The molecule has 0 saturated heterocycles. The van der Waals surface area contributed by atoms with Crippen LogP contribution in [0.2, 0.25) is 0 Å². The summed E-state index contributed by atoms with van der Waals surface area (Å²) in [4.78, 5) is 0. The van der Waals surface area contributed by atoms with Crippen LogP contribution in [0.25, 0.3) is 0 Å². The molecule has 2 rings (SSSR count). The van der Waals surface area contributed by atoms with Gasteiger partial charge in [0.1, 0.15) is 0 Å². The summed E-state index contributed by atoms with van der Waals surface area (Å²) in [5.41, 5.74) is 1.93. The maximum absolute atomic E-state index is 2.43. The topological polar surface area (TPSA) is 0 Å². The van der Waals surface area contributed by atoms with Gasteiger partial charge < -0.3 is 0 Å². The van der Waals surface area contributed by atoms with Crippen molar-refractivity contribution < 1.29 is 0 Å². The lowest BCUT2D eigenvalue weighted by Gasteiger charge is -2.34. The quantitative estimate of drug-likeness (QED) is 0.586. The predicted molar refractivity (Wildman–Crippen MR) is 70.8 cm³/mol. The van der Waals surface area contributed by atoms with E-state index in [0.29, 0.717) is 0 Å². The van der Waals surface area contributed by atoms with Gasteiger partial charge in [0.15, 0.2) is 0 Å². The van der Waals surface area contributed by atoms with Crippen LogP contribution in [0.15, 0.2) is 23.5 Å². The Balaban J connectivity index is 2.04. The second-order valence-corrected chi connectivity index (χ2v) is 8.24. The maximum atomic E-state index is 2.43. The molecule has 0 bridgehead atoms. The van der Waals surface area contributed by atoms with Crippen LogP contribution in [0, 0.1) is 0 Å². The van der Waals surface area contributed by atoms with Crippen LogP contribution in [0.5, 0.6) is 0 Å². The van der Waals surface area contributed by atoms with E-state index in [1.807, 2.05) is 0 Å². The molecular formula is C14H23P. The van der Waals surface area contributed by atoms with Crippen molar-refractivity contribution in [1.29, 1.82) is 0 Å². The Bertz CT molecular complexity index is 257. The van der Waals surface area contributed by atoms with Gasteiger partial charge in [0.25, 0.3) is 0 Å². The highest BCUT2D eigenvalue weighted by atomic mass is 31.1. The van der Waals surface area contributed by atoms with Gasteiger partial charge in [-0.15, -0.1) is 0 Å². The molecule has 2 aliphatic carbocycles. The molecule has 1 heteroatoms. The van der Waals surface area contributed by atoms with Crippen molar-refractivity contribution in [1.82, 2.24) is 0 Å². The zero-order valence-corrected chi connectivity index (χ0v) is 11.0. The van der Waals surface area contributed by atoms with Crippen LogP contribution in [0.3, 0.4) is 0 Å². The van der Waals surface area contributed by atoms with Gasteiger partial charge in [0.05, 0.1) is 0 Å². The molecular weight excluding hydrogens is 199 g/mol. The first-order chi connectivity index (χ1) is 7.29. The summed E-state index contributed by atoms with van der Waals surface area (Å²) in [6.07, 6.45) is 15.7. The van der Waals surface area contributed by atoms with Crippen molar-refractivity contribution in [3.63, 3.8) is 0 Å². The van der Waals surface area contributed by atoms with Gasteiger partial charge in [-0.3, -0.25) is 0 Å². The molecule has 0 aromatic rings. The van der Waals surface area contributed by atoms with E-state index in [1.54, 1.807) is 5.31 Å². The molecule has 1 fully saturated rings. The Morgan fingerprint density at radius 3 is 2.47 bits per heavy atom. The average molecular weight is 222 g/mol. The standard InChI is InChI=1S/C14H23P/c1-12(2)15(14-10-6-7-11-14)13-8-4-3-5-9-13/h6-7,10,12-13H,3-5,8-9,11H2,1-2H3. The summed E-state index contributed by atoms with van der Waals surface area (Å²) in [7, 11) is 0.160. The molecule has 1 saturated carbocycles. The number of allylic oxidation sites excluding steroid dienone is 4. The fourth-order valence-corrected chi connectivity index (χ4v) is 6.45. The van der Waals surface area contributed by atoms with Crippen molar-refractivity contribution in [2.24, 2.45) is 0 Å². The lowest BCUT2D eigenvalue weighted by molar-refractivity contribution is 0.510. The zero-order valence-electron chi connectivity index (χ0n) is 10.1. The fourth-order valence-electron chi connectivity index (χ4n) is 2.97. The average Bonchev–Trinajstić information content (AvgIpc) is 2.72. The van der Waals surface area contributed by atoms with E-state index in [9.17, 15) is 0 Å². The van der Waals surface area contributed by atoms with Crippen LogP contribution >= 0.6 is 7.92 Å². The minimum Gasteiger partial charge on any atom is -0.0801 e. The summed E-state index contributed by atoms with van der Waals surface area (Å²) < 4.78 is 0. The zero-order chi connectivity index (χ0) is 10.7. The van der Waals surface area contributed by atoms with Crippen LogP contribution in [0.4, 0.5) is 0 Å². The highest BCUT2D eigenvalue weighted by Crippen LogP contribution is 2.59. The monoisotopic (exact) mass is 222 g/mol. The van der Waals surface area contributed by atoms with Crippen molar-refractivity contribution in [2.75, 3.05) is 0 Å². The van der Waals surface area contributed by atoms with Crippen LogP contribution < -0.4 is 0 Å². The first kappa shape index (κ1) is 11.4. The highest BCUT2D eigenvalue weighted by Gasteiger charge is 2.28. The molecule has 15 heavy (non-hydrogen) atoms. The smallest absolute Gasteiger partial charge is 0.00897 e. The maximum Gasteiger partial charge on any atom is -0.00897 e. The van der Waals surface area contributed by atoms with E-state index in [-0.39, 0.29) is 7.92 Å². The molecule has 2 aliphatic rings. The Kier molecular flexibility index (Phi) is 4.03. The first-order valence-corrected chi connectivity index (χ1v) is 7.91. The Morgan fingerprint density at radius 2 is 1.93 bits per heavy atom. The molecule has 1 unspecified atom stereocenters. The van der Waals surface area contributed by atoms with Crippen LogP contribution in [0.1, 0.15) is 52.4 Å². The molecule has 0 aliphatic heterocycles. The minimum absolute atomic E-state index is 0.160. The second-order valence-electron chi connectivity index (χ2n) is 5.08. The van der Waals surface area contributed by atoms with Gasteiger partial charge in [-0.05, 0) is 35.9 Å².